The van der Waals surface area contributed by atoms with Gasteiger partial charge in [-0.25, -0.2) is 0 Å². The summed E-state index contributed by atoms with van der Waals surface area (Å²) in [7, 11) is 0. The van der Waals surface area contributed by atoms with Crippen molar-refractivity contribution in [3.05, 3.63) is 24.0 Å². The average molecular weight is 293 g/mol. The number of rotatable bonds is 6. The largest absolute Gasteiger partial charge is 0.492 e. The molecule has 2 unspecified atom stereocenters. The Balaban J connectivity index is 2.03. The Bertz CT molecular complexity index is 439. The quantitative estimate of drug-likeness (QED) is 0.869. The van der Waals surface area contributed by atoms with Gasteiger partial charge < -0.3 is 15.2 Å². The highest BCUT2D eigenvalue weighted by molar-refractivity contribution is 5.26. The van der Waals surface area contributed by atoms with Gasteiger partial charge in [-0.1, -0.05) is 6.92 Å². The Hall–Kier alpha value is -1.17. The van der Waals surface area contributed by atoms with E-state index in [9.17, 15) is 0 Å². The lowest BCUT2D eigenvalue weighted by molar-refractivity contribution is -0.0503. The van der Waals surface area contributed by atoms with Gasteiger partial charge in [0.05, 0.1) is 31.6 Å². The molecular weight excluding hydrogens is 266 g/mol. The van der Waals surface area contributed by atoms with Crippen LogP contribution in [0, 0.1) is 0 Å². The molecule has 0 aliphatic carbocycles. The van der Waals surface area contributed by atoms with Gasteiger partial charge in [0.2, 0.25) is 0 Å². The third-order valence-corrected chi connectivity index (χ3v) is 3.85. The molecule has 1 aromatic heterocycles. The highest BCUT2D eigenvalue weighted by atomic mass is 16.5. The second-order valence-corrected chi connectivity index (χ2v) is 5.83. The van der Waals surface area contributed by atoms with Gasteiger partial charge >= 0.3 is 0 Å². The maximum absolute atomic E-state index is 6.38. The van der Waals surface area contributed by atoms with Crippen LogP contribution in [0.4, 0.5) is 0 Å². The molecule has 5 heteroatoms. The minimum atomic E-state index is -0.177. The lowest BCUT2D eigenvalue weighted by Crippen LogP contribution is -2.49. The molecule has 5 nitrogen and oxygen atoms in total. The maximum Gasteiger partial charge on any atom is 0.137 e. The lowest BCUT2D eigenvalue weighted by atomic mass is 10.0. The second-order valence-electron chi connectivity index (χ2n) is 5.83. The van der Waals surface area contributed by atoms with Crippen molar-refractivity contribution in [3.8, 4) is 5.75 Å². The molecule has 0 bridgehead atoms. The van der Waals surface area contributed by atoms with E-state index >= 15 is 0 Å². The summed E-state index contributed by atoms with van der Waals surface area (Å²) in [6.45, 7) is 9.75. The van der Waals surface area contributed by atoms with Crippen LogP contribution in [0.15, 0.2) is 18.5 Å². The average Bonchev–Trinajstić information content (AvgIpc) is 2.52. The van der Waals surface area contributed by atoms with Gasteiger partial charge in [-0.2, -0.15) is 0 Å². The first-order valence-electron chi connectivity index (χ1n) is 7.80. The van der Waals surface area contributed by atoms with Crippen LogP contribution >= 0.6 is 0 Å². The van der Waals surface area contributed by atoms with Gasteiger partial charge in [-0.05, 0) is 31.9 Å². The molecule has 0 saturated carbocycles. The minimum absolute atomic E-state index is 0.00405. The number of aromatic nitrogens is 1. The molecule has 2 N–H and O–H groups in total. The summed E-state index contributed by atoms with van der Waals surface area (Å²) in [6, 6.07) is 2.32. The van der Waals surface area contributed by atoms with Gasteiger partial charge in [-0.15, -0.1) is 0 Å². The maximum atomic E-state index is 6.38. The standard InChI is InChI=1S/C16H27N3O2/c1-4-6-20-14-8-13(9-18-10-14)16(17)15-11-19(12(2)3)5-7-21-15/h8-10,12,15-16H,4-7,11,17H2,1-3H3. The Kier molecular flexibility index (Phi) is 5.96. The zero-order valence-corrected chi connectivity index (χ0v) is 13.3. The van der Waals surface area contributed by atoms with Crippen molar-refractivity contribution in [3.63, 3.8) is 0 Å². The SMILES string of the molecule is CCCOc1cncc(C(N)C2CN(C(C)C)CCO2)c1. The summed E-state index contributed by atoms with van der Waals surface area (Å²) >= 11 is 0. The highest BCUT2D eigenvalue weighted by Crippen LogP contribution is 2.23. The smallest absolute Gasteiger partial charge is 0.137 e. The van der Waals surface area contributed by atoms with Crippen LogP contribution in [-0.4, -0.2) is 48.3 Å². The summed E-state index contributed by atoms with van der Waals surface area (Å²) in [5.74, 6) is 0.779. The summed E-state index contributed by atoms with van der Waals surface area (Å²) in [5.41, 5.74) is 7.35. The molecule has 0 spiro atoms. The van der Waals surface area contributed by atoms with Gasteiger partial charge in [-0.3, -0.25) is 9.88 Å². The molecule has 2 rings (SSSR count). The Morgan fingerprint density at radius 2 is 2.29 bits per heavy atom. The molecule has 21 heavy (non-hydrogen) atoms. The van der Waals surface area contributed by atoms with Gasteiger partial charge in [0.15, 0.2) is 0 Å². The lowest BCUT2D eigenvalue weighted by Gasteiger charge is -2.37. The summed E-state index contributed by atoms with van der Waals surface area (Å²) in [4.78, 5) is 6.64. The molecule has 0 amide bonds. The van der Waals surface area contributed by atoms with Crippen LogP contribution < -0.4 is 10.5 Å². The number of hydrogen-bond acceptors (Lipinski definition) is 5. The summed E-state index contributed by atoms with van der Waals surface area (Å²) in [6.07, 6.45) is 4.52. The van der Waals surface area contributed by atoms with E-state index in [4.69, 9.17) is 15.2 Å². The van der Waals surface area contributed by atoms with E-state index in [0.29, 0.717) is 12.6 Å². The number of pyridine rings is 1. The van der Waals surface area contributed by atoms with Gasteiger partial charge in [0, 0.05) is 25.3 Å². The molecule has 1 aliphatic heterocycles. The number of nitrogens with two attached hydrogens (primary N) is 1. The summed E-state index contributed by atoms with van der Waals surface area (Å²) < 4.78 is 11.5. The van der Waals surface area contributed by atoms with Crippen molar-refractivity contribution < 1.29 is 9.47 Å². The van der Waals surface area contributed by atoms with Crippen molar-refractivity contribution in [2.75, 3.05) is 26.3 Å². The summed E-state index contributed by atoms with van der Waals surface area (Å²) in [5, 5.41) is 0. The predicted molar refractivity (Wildman–Crippen MR) is 83.4 cm³/mol. The van der Waals surface area contributed by atoms with Gasteiger partial charge in [0.25, 0.3) is 0 Å². The fraction of sp³-hybridized carbons (Fsp3) is 0.688. The van der Waals surface area contributed by atoms with E-state index < -0.39 is 0 Å². The monoisotopic (exact) mass is 293 g/mol. The zero-order chi connectivity index (χ0) is 15.2. The molecule has 118 valence electrons. The van der Waals surface area contributed by atoms with Crippen LogP contribution in [0.1, 0.15) is 38.8 Å². The fourth-order valence-electron chi connectivity index (χ4n) is 2.51. The zero-order valence-electron chi connectivity index (χ0n) is 13.3. The number of nitrogens with zero attached hydrogens (tertiary/aromatic N) is 2. The van der Waals surface area contributed by atoms with E-state index in [2.05, 4.69) is 30.7 Å². The molecule has 2 heterocycles. The molecule has 1 aliphatic rings. The van der Waals surface area contributed by atoms with E-state index in [1.165, 1.54) is 0 Å². The molecule has 2 atom stereocenters. The first-order chi connectivity index (χ1) is 10.1. The normalized spacial score (nSPS) is 21.5. The third-order valence-electron chi connectivity index (χ3n) is 3.85. The Morgan fingerprint density at radius 3 is 3.00 bits per heavy atom. The van der Waals surface area contributed by atoms with Crippen LogP contribution in [0.5, 0.6) is 5.75 Å². The number of ether oxygens (including phenoxy) is 2. The molecule has 1 saturated heterocycles. The molecule has 0 radical (unpaired) electrons. The first-order valence-corrected chi connectivity index (χ1v) is 7.80. The minimum Gasteiger partial charge on any atom is -0.492 e. The van der Waals surface area contributed by atoms with E-state index in [1.807, 2.05) is 6.07 Å². The fourth-order valence-corrected chi connectivity index (χ4v) is 2.51. The molecule has 1 aromatic rings. The van der Waals surface area contributed by atoms with Crippen LogP contribution in [0.25, 0.3) is 0 Å². The van der Waals surface area contributed by atoms with Gasteiger partial charge in [0.1, 0.15) is 5.75 Å². The third kappa shape index (κ3) is 4.40. The number of hydrogen-bond donors (Lipinski definition) is 1. The first kappa shape index (κ1) is 16.2. The van der Waals surface area contributed by atoms with Crippen molar-refractivity contribution in [2.24, 2.45) is 5.73 Å². The highest BCUT2D eigenvalue weighted by Gasteiger charge is 2.28. The van der Waals surface area contributed by atoms with E-state index in [0.717, 1.165) is 37.4 Å². The Labute approximate surface area is 127 Å². The number of morpholine rings is 1. The Morgan fingerprint density at radius 1 is 1.48 bits per heavy atom. The van der Waals surface area contributed by atoms with Crippen LogP contribution in [0.2, 0.25) is 0 Å². The van der Waals surface area contributed by atoms with E-state index in [1.54, 1.807) is 12.4 Å². The van der Waals surface area contributed by atoms with Crippen molar-refractivity contribution in [1.29, 1.82) is 0 Å². The molecular formula is C16H27N3O2. The molecule has 0 aromatic carbocycles. The van der Waals surface area contributed by atoms with Crippen LogP contribution in [0.3, 0.4) is 0 Å². The van der Waals surface area contributed by atoms with Crippen molar-refractivity contribution in [1.82, 2.24) is 9.88 Å². The molecule has 1 fully saturated rings. The van der Waals surface area contributed by atoms with E-state index in [-0.39, 0.29) is 12.1 Å². The van der Waals surface area contributed by atoms with Crippen molar-refractivity contribution in [2.45, 2.75) is 45.4 Å². The van der Waals surface area contributed by atoms with Crippen LogP contribution in [-0.2, 0) is 4.74 Å². The van der Waals surface area contributed by atoms with Crippen molar-refractivity contribution >= 4 is 0 Å². The predicted octanol–water partition coefficient (Wildman–Crippen LogP) is 1.98. The second kappa shape index (κ2) is 7.73. The topological polar surface area (TPSA) is 60.6 Å².